The normalized spacial score (nSPS) is 9.67. The number of esters is 1. The molecular formula is C10H9ClO4. The molecule has 0 heterocycles. The van der Waals surface area contributed by atoms with Gasteiger partial charge in [0.15, 0.2) is 0 Å². The molecule has 1 aromatic carbocycles. The number of hydrogen-bond donors (Lipinski definition) is 1. The third-order valence-electron chi connectivity index (χ3n) is 1.69. The molecule has 0 radical (unpaired) electrons. The first-order valence-corrected chi connectivity index (χ1v) is 4.75. The van der Waals surface area contributed by atoms with Crippen LogP contribution in [0.15, 0.2) is 24.3 Å². The van der Waals surface area contributed by atoms with Crippen LogP contribution in [0.25, 0.3) is 0 Å². The van der Waals surface area contributed by atoms with Crippen molar-refractivity contribution in [2.45, 2.75) is 0 Å². The minimum Gasteiger partial charge on any atom is -0.478 e. The fourth-order valence-corrected chi connectivity index (χ4v) is 1.13. The van der Waals surface area contributed by atoms with Crippen LogP contribution in [0.3, 0.4) is 0 Å². The Hall–Kier alpha value is -1.55. The Labute approximate surface area is 91.4 Å². The predicted octanol–water partition coefficient (Wildman–Crippen LogP) is 1.78. The molecule has 0 aliphatic rings. The van der Waals surface area contributed by atoms with Crippen molar-refractivity contribution in [3.63, 3.8) is 0 Å². The van der Waals surface area contributed by atoms with Gasteiger partial charge in [0.1, 0.15) is 6.61 Å². The van der Waals surface area contributed by atoms with Gasteiger partial charge < -0.3 is 9.84 Å². The summed E-state index contributed by atoms with van der Waals surface area (Å²) < 4.78 is 4.73. The first kappa shape index (κ1) is 11.5. The van der Waals surface area contributed by atoms with E-state index in [0.29, 0.717) is 0 Å². The highest BCUT2D eigenvalue weighted by Crippen LogP contribution is 2.10. The zero-order valence-corrected chi connectivity index (χ0v) is 8.53. The molecule has 0 unspecified atom stereocenters. The Kier molecular flexibility index (Phi) is 4.12. The Balaban J connectivity index is 2.92. The summed E-state index contributed by atoms with van der Waals surface area (Å²) in [5.74, 6) is -1.65. The van der Waals surface area contributed by atoms with E-state index in [1.165, 1.54) is 12.1 Å². The molecule has 0 atom stereocenters. The average Bonchev–Trinajstić information content (AvgIpc) is 2.25. The number of carbonyl (C=O) groups is 2. The van der Waals surface area contributed by atoms with Crippen molar-refractivity contribution in [1.29, 1.82) is 0 Å². The molecule has 5 heteroatoms. The maximum atomic E-state index is 11.4. The minimum atomic E-state index is -1.16. The molecule has 1 rings (SSSR count). The van der Waals surface area contributed by atoms with E-state index < -0.39 is 11.9 Å². The highest BCUT2D eigenvalue weighted by atomic mass is 35.5. The summed E-state index contributed by atoms with van der Waals surface area (Å²) in [7, 11) is 0. The van der Waals surface area contributed by atoms with Gasteiger partial charge in [-0.25, -0.2) is 9.59 Å². The second-order valence-corrected chi connectivity index (χ2v) is 3.05. The van der Waals surface area contributed by atoms with Gasteiger partial charge in [-0.05, 0) is 12.1 Å². The number of ether oxygens (including phenoxy) is 1. The van der Waals surface area contributed by atoms with Crippen LogP contribution in [0, 0.1) is 0 Å². The van der Waals surface area contributed by atoms with Crippen LogP contribution in [0.2, 0.25) is 0 Å². The summed E-state index contributed by atoms with van der Waals surface area (Å²) in [5, 5.41) is 8.81. The molecule has 0 bridgehead atoms. The van der Waals surface area contributed by atoms with E-state index in [0.717, 1.165) is 0 Å². The SMILES string of the molecule is O=C(O)c1ccccc1C(=O)OCCCl. The first-order valence-electron chi connectivity index (χ1n) is 4.22. The van der Waals surface area contributed by atoms with Gasteiger partial charge >= 0.3 is 11.9 Å². The van der Waals surface area contributed by atoms with Crippen LogP contribution in [0.4, 0.5) is 0 Å². The van der Waals surface area contributed by atoms with Crippen molar-refractivity contribution in [2.75, 3.05) is 12.5 Å². The Morgan fingerprint density at radius 1 is 1.27 bits per heavy atom. The van der Waals surface area contributed by atoms with Gasteiger partial charge in [-0.1, -0.05) is 12.1 Å². The number of carboxylic acids is 1. The van der Waals surface area contributed by atoms with Crippen LogP contribution >= 0.6 is 11.6 Å². The topological polar surface area (TPSA) is 63.6 Å². The van der Waals surface area contributed by atoms with Crippen LogP contribution in [-0.4, -0.2) is 29.5 Å². The van der Waals surface area contributed by atoms with E-state index in [1.807, 2.05) is 0 Å². The zero-order chi connectivity index (χ0) is 11.3. The molecule has 0 aliphatic carbocycles. The number of benzene rings is 1. The lowest BCUT2D eigenvalue weighted by Crippen LogP contribution is -2.12. The third-order valence-corrected chi connectivity index (χ3v) is 1.84. The van der Waals surface area contributed by atoms with Crippen molar-refractivity contribution in [3.05, 3.63) is 35.4 Å². The van der Waals surface area contributed by atoms with E-state index in [-0.39, 0.29) is 23.6 Å². The maximum Gasteiger partial charge on any atom is 0.339 e. The van der Waals surface area contributed by atoms with Crippen molar-refractivity contribution in [2.24, 2.45) is 0 Å². The van der Waals surface area contributed by atoms with E-state index >= 15 is 0 Å². The number of alkyl halides is 1. The van der Waals surface area contributed by atoms with Gasteiger partial charge in [-0.3, -0.25) is 0 Å². The van der Waals surface area contributed by atoms with Gasteiger partial charge in [-0.2, -0.15) is 0 Å². The summed E-state index contributed by atoms with van der Waals surface area (Å²) in [5.41, 5.74) is -0.0350. The molecule has 80 valence electrons. The molecule has 15 heavy (non-hydrogen) atoms. The highest BCUT2D eigenvalue weighted by molar-refractivity contribution is 6.18. The predicted molar refractivity (Wildman–Crippen MR) is 54.4 cm³/mol. The number of hydrogen-bond acceptors (Lipinski definition) is 3. The lowest BCUT2D eigenvalue weighted by atomic mass is 10.1. The molecule has 0 spiro atoms. The fraction of sp³-hybridized carbons (Fsp3) is 0.200. The summed E-state index contributed by atoms with van der Waals surface area (Å²) >= 11 is 5.34. The summed E-state index contributed by atoms with van der Waals surface area (Å²) in [6, 6.07) is 5.87. The largest absolute Gasteiger partial charge is 0.478 e. The zero-order valence-electron chi connectivity index (χ0n) is 7.77. The van der Waals surface area contributed by atoms with Gasteiger partial charge in [0, 0.05) is 0 Å². The van der Waals surface area contributed by atoms with E-state index in [1.54, 1.807) is 12.1 Å². The standard InChI is InChI=1S/C10H9ClO4/c11-5-6-15-10(14)8-4-2-1-3-7(8)9(12)13/h1-4H,5-6H2,(H,12,13). The van der Waals surface area contributed by atoms with Gasteiger partial charge in [0.2, 0.25) is 0 Å². The molecule has 1 N–H and O–H groups in total. The second kappa shape index (κ2) is 5.36. The molecular weight excluding hydrogens is 220 g/mol. The quantitative estimate of drug-likeness (QED) is 0.630. The van der Waals surface area contributed by atoms with Crippen LogP contribution in [0.5, 0.6) is 0 Å². The van der Waals surface area contributed by atoms with E-state index in [4.69, 9.17) is 21.4 Å². The Morgan fingerprint density at radius 2 is 1.87 bits per heavy atom. The summed E-state index contributed by atoms with van der Waals surface area (Å²) in [6.45, 7) is 0.0638. The smallest absolute Gasteiger partial charge is 0.339 e. The molecule has 0 saturated heterocycles. The Morgan fingerprint density at radius 3 is 2.40 bits per heavy atom. The minimum absolute atomic E-state index is 0.0371. The van der Waals surface area contributed by atoms with Crippen LogP contribution in [-0.2, 0) is 4.74 Å². The Bertz CT molecular complexity index is 375. The molecule has 0 aromatic heterocycles. The summed E-state index contributed by atoms with van der Waals surface area (Å²) in [6.07, 6.45) is 0. The lowest BCUT2D eigenvalue weighted by molar-refractivity contribution is 0.0517. The molecule has 0 saturated carbocycles. The van der Waals surface area contributed by atoms with Crippen LogP contribution in [0.1, 0.15) is 20.7 Å². The monoisotopic (exact) mass is 228 g/mol. The van der Waals surface area contributed by atoms with Crippen molar-refractivity contribution < 1.29 is 19.4 Å². The third kappa shape index (κ3) is 2.95. The van der Waals surface area contributed by atoms with E-state index in [2.05, 4.69) is 0 Å². The number of aromatic carboxylic acids is 1. The van der Waals surface area contributed by atoms with Gasteiger partial charge in [-0.15, -0.1) is 11.6 Å². The molecule has 0 fully saturated rings. The lowest BCUT2D eigenvalue weighted by Gasteiger charge is -2.05. The molecule has 0 aliphatic heterocycles. The number of halogens is 1. The van der Waals surface area contributed by atoms with Gasteiger partial charge in [0.05, 0.1) is 17.0 Å². The molecule has 1 aromatic rings. The maximum absolute atomic E-state index is 11.4. The van der Waals surface area contributed by atoms with Crippen molar-refractivity contribution >= 4 is 23.5 Å². The number of rotatable bonds is 4. The van der Waals surface area contributed by atoms with Crippen molar-refractivity contribution in [3.8, 4) is 0 Å². The average molecular weight is 229 g/mol. The van der Waals surface area contributed by atoms with Crippen LogP contribution < -0.4 is 0 Å². The van der Waals surface area contributed by atoms with Crippen molar-refractivity contribution in [1.82, 2.24) is 0 Å². The fourth-order valence-electron chi connectivity index (χ4n) is 1.06. The first-order chi connectivity index (χ1) is 7.16. The number of carbonyl (C=O) groups excluding carboxylic acids is 1. The molecule has 4 nitrogen and oxygen atoms in total. The second-order valence-electron chi connectivity index (χ2n) is 2.68. The van der Waals surface area contributed by atoms with E-state index in [9.17, 15) is 9.59 Å². The summed E-state index contributed by atoms with van der Waals surface area (Å²) in [4.78, 5) is 22.2. The molecule has 0 amide bonds. The number of carboxylic acid groups (broad SMARTS) is 1. The highest BCUT2D eigenvalue weighted by Gasteiger charge is 2.16. The van der Waals surface area contributed by atoms with Gasteiger partial charge in [0.25, 0.3) is 0 Å².